The highest BCUT2D eigenvalue weighted by Gasteiger charge is 2.12. The van der Waals surface area contributed by atoms with Crippen LogP contribution in [-0.4, -0.2) is 50.1 Å². The van der Waals surface area contributed by atoms with Gasteiger partial charge in [0.2, 0.25) is 0 Å². The number of benzene rings is 1. The molecule has 0 atom stereocenters. The molecule has 0 aromatic heterocycles. The lowest BCUT2D eigenvalue weighted by molar-refractivity contribution is -0.148. The lowest BCUT2D eigenvalue weighted by atomic mass is 10.3. The topological polar surface area (TPSA) is 123 Å². The summed E-state index contributed by atoms with van der Waals surface area (Å²) in [4.78, 5) is 45.8. The van der Waals surface area contributed by atoms with E-state index in [4.69, 9.17) is 4.74 Å². The Labute approximate surface area is 151 Å². The van der Waals surface area contributed by atoms with Crippen molar-refractivity contribution in [3.8, 4) is 5.75 Å². The maximum atomic E-state index is 11.6. The van der Waals surface area contributed by atoms with Gasteiger partial charge >= 0.3 is 12.0 Å². The Bertz CT molecular complexity index is 606. The van der Waals surface area contributed by atoms with E-state index < -0.39 is 37.0 Å². The van der Waals surface area contributed by atoms with Gasteiger partial charge in [0.15, 0.2) is 13.2 Å². The van der Waals surface area contributed by atoms with E-state index in [1.807, 2.05) is 18.3 Å². The molecule has 1 rings (SSSR count). The van der Waals surface area contributed by atoms with Crippen LogP contribution in [0.5, 0.6) is 5.75 Å². The molecule has 0 heterocycles. The molecule has 26 heavy (non-hydrogen) atoms. The number of hydrogen-bond acceptors (Lipinski definition) is 6. The molecule has 0 fully saturated rings. The first-order valence-corrected chi connectivity index (χ1v) is 8.19. The van der Waals surface area contributed by atoms with Gasteiger partial charge in [-0.25, -0.2) is 4.79 Å². The number of ether oxygens (including phenoxy) is 2. The van der Waals surface area contributed by atoms with E-state index in [1.165, 1.54) is 0 Å². The highest BCUT2D eigenvalue weighted by atomic mass is 16.5. The van der Waals surface area contributed by atoms with Crippen molar-refractivity contribution >= 4 is 23.8 Å². The van der Waals surface area contributed by atoms with Crippen LogP contribution in [0.3, 0.4) is 0 Å². The van der Waals surface area contributed by atoms with Gasteiger partial charge in [-0.3, -0.25) is 19.7 Å². The van der Waals surface area contributed by atoms with Gasteiger partial charge in [0.25, 0.3) is 11.8 Å². The van der Waals surface area contributed by atoms with Crippen molar-refractivity contribution in [1.82, 2.24) is 16.0 Å². The average Bonchev–Trinajstić information content (AvgIpc) is 2.64. The zero-order valence-electron chi connectivity index (χ0n) is 14.6. The van der Waals surface area contributed by atoms with Gasteiger partial charge < -0.3 is 20.1 Å². The molecule has 0 saturated carbocycles. The molecule has 9 heteroatoms. The number of nitrogens with one attached hydrogen (secondary N) is 3. The van der Waals surface area contributed by atoms with E-state index in [9.17, 15) is 19.2 Å². The third-order valence-corrected chi connectivity index (χ3v) is 2.98. The Morgan fingerprint density at radius 3 is 2.38 bits per heavy atom. The number of carbonyl (C=O) groups is 4. The van der Waals surface area contributed by atoms with Gasteiger partial charge in [0.1, 0.15) is 12.3 Å². The van der Waals surface area contributed by atoms with Gasteiger partial charge in [-0.05, 0) is 18.6 Å². The van der Waals surface area contributed by atoms with Crippen molar-refractivity contribution in [2.45, 2.75) is 19.8 Å². The van der Waals surface area contributed by atoms with E-state index in [0.717, 1.165) is 12.8 Å². The van der Waals surface area contributed by atoms with E-state index in [-0.39, 0.29) is 6.61 Å². The fraction of sp³-hybridized carbons (Fsp3) is 0.412. The summed E-state index contributed by atoms with van der Waals surface area (Å²) in [5, 5.41) is 6.81. The SMILES string of the molecule is CCCCNC(=O)NC(=O)COC(=O)CNC(=O)COc1ccccc1. The second kappa shape index (κ2) is 12.3. The molecule has 0 spiro atoms. The molecule has 0 aliphatic rings. The van der Waals surface area contributed by atoms with Crippen LogP contribution in [0.15, 0.2) is 30.3 Å². The normalized spacial score (nSPS) is 9.73. The lowest BCUT2D eigenvalue weighted by Gasteiger charge is -2.08. The van der Waals surface area contributed by atoms with E-state index in [1.54, 1.807) is 24.3 Å². The minimum absolute atomic E-state index is 0.254. The monoisotopic (exact) mass is 365 g/mol. The Morgan fingerprint density at radius 2 is 1.69 bits per heavy atom. The van der Waals surface area contributed by atoms with E-state index >= 15 is 0 Å². The van der Waals surface area contributed by atoms with Gasteiger partial charge in [0.05, 0.1) is 0 Å². The van der Waals surface area contributed by atoms with Crippen LogP contribution in [0.2, 0.25) is 0 Å². The van der Waals surface area contributed by atoms with Gasteiger partial charge in [-0.1, -0.05) is 31.5 Å². The quantitative estimate of drug-likeness (QED) is 0.406. The number of unbranched alkanes of at least 4 members (excludes halogenated alkanes) is 1. The average molecular weight is 365 g/mol. The minimum Gasteiger partial charge on any atom is -0.484 e. The fourth-order valence-corrected chi connectivity index (χ4v) is 1.67. The Morgan fingerprint density at radius 1 is 0.962 bits per heavy atom. The van der Waals surface area contributed by atoms with Crippen LogP contribution >= 0.6 is 0 Å². The maximum absolute atomic E-state index is 11.6. The number of esters is 1. The molecule has 0 saturated heterocycles. The Hall–Kier alpha value is -3.10. The number of para-hydroxylation sites is 1. The predicted octanol–water partition coefficient (Wildman–Crippen LogP) is 0.351. The lowest BCUT2D eigenvalue weighted by Crippen LogP contribution is -2.42. The third-order valence-electron chi connectivity index (χ3n) is 2.98. The van der Waals surface area contributed by atoms with Gasteiger partial charge in [-0.15, -0.1) is 0 Å². The summed E-state index contributed by atoms with van der Waals surface area (Å²) < 4.78 is 9.87. The van der Waals surface area contributed by atoms with Crippen molar-refractivity contribution in [2.24, 2.45) is 0 Å². The van der Waals surface area contributed by atoms with Crippen molar-refractivity contribution in [2.75, 3.05) is 26.3 Å². The second-order valence-electron chi connectivity index (χ2n) is 5.20. The molecule has 1 aromatic rings. The highest BCUT2D eigenvalue weighted by Crippen LogP contribution is 2.07. The second-order valence-corrected chi connectivity index (χ2v) is 5.20. The summed E-state index contributed by atoms with van der Waals surface area (Å²) in [7, 11) is 0. The summed E-state index contributed by atoms with van der Waals surface area (Å²) in [6.45, 7) is 1.14. The number of carbonyl (C=O) groups excluding carboxylic acids is 4. The van der Waals surface area contributed by atoms with Crippen LogP contribution in [0.4, 0.5) is 4.79 Å². The summed E-state index contributed by atoms with van der Waals surface area (Å²) in [5.41, 5.74) is 0. The predicted molar refractivity (Wildman–Crippen MR) is 92.4 cm³/mol. The largest absolute Gasteiger partial charge is 0.484 e. The smallest absolute Gasteiger partial charge is 0.325 e. The first-order chi connectivity index (χ1) is 12.5. The van der Waals surface area contributed by atoms with E-state index in [0.29, 0.717) is 12.3 Å². The van der Waals surface area contributed by atoms with Crippen LogP contribution in [0.1, 0.15) is 19.8 Å². The van der Waals surface area contributed by atoms with Crippen LogP contribution in [0, 0.1) is 0 Å². The molecule has 0 radical (unpaired) electrons. The van der Waals surface area contributed by atoms with Gasteiger partial charge in [-0.2, -0.15) is 0 Å². The number of rotatable bonds is 10. The minimum atomic E-state index is -0.806. The maximum Gasteiger partial charge on any atom is 0.325 e. The van der Waals surface area contributed by atoms with Crippen molar-refractivity contribution in [1.29, 1.82) is 0 Å². The molecular formula is C17H23N3O6. The highest BCUT2D eigenvalue weighted by molar-refractivity contribution is 5.95. The summed E-state index contributed by atoms with van der Waals surface area (Å²) in [6, 6.07) is 8.08. The Balaban J connectivity index is 2.12. The molecule has 0 aliphatic carbocycles. The number of hydrogen-bond donors (Lipinski definition) is 3. The zero-order chi connectivity index (χ0) is 19.2. The third kappa shape index (κ3) is 9.91. The van der Waals surface area contributed by atoms with Crippen molar-refractivity contribution < 1.29 is 28.7 Å². The zero-order valence-corrected chi connectivity index (χ0v) is 14.6. The first kappa shape index (κ1) is 20.9. The molecule has 0 aliphatic heterocycles. The van der Waals surface area contributed by atoms with E-state index in [2.05, 4.69) is 15.4 Å². The number of urea groups is 1. The van der Waals surface area contributed by atoms with Crippen LogP contribution in [-0.2, 0) is 19.1 Å². The summed E-state index contributed by atoms with van der Waals surface area (Å²) in [6.07, 6.45) is 1.71. The van der Waals surface area contributed by atoms with Crippen LogP contribution in [0.25, 0.3) is 0 Å². The summed E-state index contributed by atoms with van der Waals surface area (Å²) in [5.74, 6) is -1.55. The molecule has 1 aromatic carbocycles. The molecule has 4 amide bonds. The number of amides is 4. The standard InChI is InChI=1S/C17H23N3O6/c1-2-3-9-18-17(24)20-15(22)12-26-16(23)10-19-14(21)11-25-13-7-5-4-6-8-13/h4-8H,2-3,9-12H2,1H3,(H,19,21)(H2,18,20,22,24). The molecule has 9 nitrogen and oxygen atoms in total. The summed E-state index contributed by atoms with van der Waals surface area (Å²) >= 11 is 0. The fourth-order valence-electron chi connectivity index (χ4n) is 1.67. The molecule has 142 valence electrons. The number of imide groups is 1. The molecule has 3 N–H and O–H groups in total. The van der Waals surface area contributed by atoms with Crippen molar-refractivity contribution in [3.05, 3.63) is 30.3 Å². The molecular weight excluding hydrogens is 342 g/mol. The molecule has 0 unspecified atom stereocenters. The van der Waals surface area contributed by atoms with Gasteiger partial charge in [0, 0.05) is 6.54 Å². The van der Waals surface area contributed by atoms with Crippen molar-refractivity contribution in [3.63, 3.8) is 0 Å². The van der Waals surface area contributed by atoms with Crippen LogP contribution < -0.4 is 20.7 Å². The first-order valence-electron chi connectivity index (χ1n) is 8.19. The molecule has 0 bridgehead atoms. The Kier molecular flexibility index (Phi) is 9.90.